The minimum absolute atomic E-state index is 0.202. The number of phenols is 1. The molecule has 0 saturated carbocycles. The summed E-state index contributed by atoms with van der Waals surface area (Å²) >= 11 is 3.53. The van der Waals surface area contributed by atoms with E-state index in [-0.39, 0.29) is 11.8 Å². The number of ether oxygens (including phenoxy) is 1. The quantitative estimate of drug-likeness (QED) is 0.878. The van der Waals surface area contributed by atoms with Crippen LogP contribution in [0.1, 0.15) is 30.9 Å². The first-order valence-corrected chi connectivity index (χ1v) is 6.32. The Morgan fingerprint density at radius 3 is 2.88 bits per heavy atom. The van der Waals surface area contributed by atoms with Gasteiger partial charge in [0, 0.05) is 16.1 Å². The highest BCUT2D eigenvalue weighted by atomic mass is 79.9. The number of rotatable bonds is 2. The maximum atomic E-state index is 9.77. The second-order valence-electron chi connectivity index (χ2n) is 4.02. The summed E-state index contributed by atoms with van der Waals surface area (Å²) in [5, 5.41) is 13.2. The van der Waals surface area contributed by atoms with Gasteiger partial charge in [-0.25, -0.2) is 0 Å². The topological polar surface area (TPSA) is 41.5 Å². The van der Waals surface area contributed by atoms with E-state index >= 15 is 0 Å². The standard InChI is InChI=1S/C12H16BrNO2/c1-16-12-10(15)6-5-8(13)11(12)9-4-2-3-7-14-9/h5-6,9,14-15H,2-4,7H2,1H3. The molecule has 0 amide bonds. The van der Waals surface area contributed by atoms with Crippen molar-refractivity contribution in [3.8, 4) is 11.5 Å². The van der Waals surface area contributed by atoms with Gasteiger partial charge in [0.15, 0.2) is 11.5 Å². The van der Waals surface area contributed by atoms with E-state index in [4.69, 9.17) is 4.74 Å². The molecule has 0 aromatic heterocycles. The highest BCUT2D eigenvalue weighted by molar-refractivity contribution is 9.10. The zero-order valence-electron chi connectivity index (χ0n) is 9.29. The second-order valence-corrected chi connectivity index (χ2v) is 4.87. The van der Waals surface area contributed by atoms with Gasteiger partial charge >= 0.3 is 0 Å². The molecule has 1 fully saturated rings. The van der Waals surface area contributed by atoms with E-state index in [1.54, 1.807) is 13.2 Å². The molecule has 0 aliphatic carbocycles. The molecule has 1 aliphatic heterocycles. The number of halogens is 1. The fraction of sp³-hybridized carbons (Fsp3) is 0.500. The summed E-state index contributed by atoms with van der Waals surface area (Å²) < 4.78 is 6.28. The molecule has 3 nitrogen and oxygen atoms in total. The third-order valence-electron chi connectivity index (χ3n) is 2.98. The molecular formula is C12H16BrNO2. The van der Waals surface area contributed by atoms with Crippen LogP contribution < -0.4 is 10.1 Å². The smallest absolute Gasteiger partial charge is 0.166 e. The number of phenolic OH excluding ortho intramolecular Hbond substituents is 1. The molecule has 1 saturated heterocycles. The maximum absolute atomic E-state index is 9.77. The summed E-state index contributed by atoms with van der Waals surface area (Å²) in [7, 11) is 1.59. The Morgan fingerprint density at radius 1 is 1.44 bits per heavy atom. The summed E-state index contributed by atoms with van der Waals surface area (Å²) in [6, 6.07) is 3.78. The van der Waals surface area contributed by atoms with Crippen molar-refractivity contribution in [2.75, 3.05) is 13.7 Å². The lowest BCUT2D eigenvalue weighted by atomic mass is 9.96. The van der Waals surface area contributed by atoms with Crippen LogP contribution in [0.25, 0.3) is 0 Å². The Labute approximate surface area is 104 Å². The molecule has 1 unspecified atom stereocenters. The van der Waals surface area contributed by atoms with Crippen LogP contribution in [0.4, 0.5) is 0 Å². The Bertz CT molecular complexity index is 376. The lowest BCUT2D eigenvalue weighted by molar-refractivity contribution is 0.348. The fourth-order valence-electron chi connectivity index (χ4n) is 2.20. The van der Waals surface area contributed by atoms with Gasteiger partial charge in [-0.2, -0.15) is 0 Å². The average Bonchev–Trinajstić information content (AvgIpc) is 2.33. The van der Waals surface area contributed by atoms with Gasteiger partial charge in [0.2, 0.25) is 0 Å². The van der Waals surface area contributed by atoms with E-state index in [0.717, 1.165) is 23.0 Å². The van der Waals surface area contributed by atoms with Crippen molar-refractivity contribution in [1.82, 2.24) is 5.32 Å². The Kier molecular flexibility index (Phi) is 3.71. The van der Waals surface area contributed by atoms with E-state index in [1.807, 2.05) is 6.07 Å². The number of hydrogen-bond donors (Lipinski definition) is 2. The van der Waals surface area contributed by atoms with Gasteiger partial charge in [0.25, 0.3) is 0 Å². The van der Waals surface area contributed by atoms with E-state index in [1.165, 1.54) is 12.8 Å². The number of aromatic hydroxyl groups is 1. The minimum Gasteiger partial charge on any atom is -0.504 e. The van der Waals surface area contributed by atoms with Crippen molar-refractivity contribution in [3.63, 3.8) is 0 Å². The van der Waals surface area contributed by atoms with E-state index in [2.05, 4.69) is 21.2 Å². The van der Waals surface area contributed by atoms with Crippen molar-refractivity contribution in [2.45, 2.75) is 25.3 Å². The average molecular weight is 286 g/mol. The number of hydrogen-bond acceptors (Lipinski definition) is 3. The van der Waals surface area contributed by atoms with Crippen molar-refractivity contribution >= 4 is 15.9 Å². The summed E-state index contributed by atoms with van der Waals surface area (Å²) in [5.41, 5.74) is 1.03. The van der Waals surface area contributed by atoms with Crippen molar-refractivity contribution in [1.29, 1.82) is 0 Å². The predicted molar refractivity (Wildman–Crippen MR) is 67.0 cm³/mol. The van der Waals surface area contributed by atoms with Crippen LogP contribution in [0.5, 0.6) is 11.5 Å². The van der Waals surface area contributed by atoms with Crippen LogP contribution in [0.15, 0.2) is 16.6 Å². The maximum Gasteiger partial charge on any atom is 0.166 e. The van der Waals surface area contributed by atoms with E-state index in [0.29, 0.717) is 5.75 Å². The van der Waals surface area contributed by atoms with Crippen molar-refractivity contribution < 1.29 is 9.84 Å². The fourth-order valence-corrected chi connectivity index (χ4v) is 2.79. The number of nitrogens with one attached hydrogen (secondary N) is 1. The van der Waals surface area contributed by atoms with Gasteiger partial charge in [-0.15, -0.1) is 0 Å². The largest absolute Gasteiger partial charge is 0.504 e. The first-order valence-electron chi connectivity index (χ1n) is 5.52. The van der Waals surface area contributed by atoms with Crippen LogP contribution >= 0.6 is 15.9 Å². The normalized spacial score (nSPS) is 20.8. The lowest BCUT2D eigenvalue weighted by Gasteiger charge is -2.26. The molecule has 1 aromatic rings. The molecular weight excluding hydrogens is 270 g/mol. The summed E-state index contributed by atoms with van der Waals surface area (Å²) in [5.74, 6) is 0.779. The zero-order chi connectivity index (χ0) is 11.5. The van der Waals surface area contributed by atoms with E-state index in [9.17, 15) is 5.11 Å². The molecule has 16 heavy (non-hydrogen) atoms. The lowest BCUT2D eigenvalue weighted by Crippen LogP contribution is -2.27. The van der Waals surface area contributed by atoms with Gasteiger partial charge in [0.05, 0.1) is 7.11 Å². The number of methoxy groups -OCH3 is 1. The molecule has 2 rings (SSSR count). The summed E-state index contributed by atoms with van der Waals surface area (Å²) in [6.45, 7) is 1.02. The monoisotopic (exact) mass is 285 g/mol. The molecule has 2 N–H and O–H groups in total. The first kappa shape index (κ1) is 11.7. The Morgan fingerprint density at radius 2 is 2.25 bits per heavy atom. The van der Waals surface area contributed by atoms with Crippen molar-refractivity contribution in [2.24, 2.45) is 0 Å². The Balaban J connectivity index is 2.40. The van der Waals surface area contributed by atoms with Crippen molar-refractivity contribution in [3.05, 3.63) is 22.2 Å². The van der Waals surface area contributed by atoms with Crippen LogP contribution in [0.2, 0.25) is 0 Å². The van der Waals surface area contributed by atoms with Crippen LogP contribution in [-0.4, -0.2) is 18.8 Å². The third kappa shape index (κ3) is 2.18. The second kappa shape index (κ2) is 5.06. The highest BCUT2D eigenvalue weighted by Crippen LogP contribution is 2.41. The van der Waals surface area contributed by atoms with Gasteiger partial charge in [-0.05, 0) is 31.5 Å². The molecule has 1 aliphatic rings. The van der Waals surface area contributed by atoms with Gasteiger partial charge in [-0.1, -0.05) is 22.4 Å². The summed E-state index contributed by atoms with van der Waals surface area (Å²) in [4.78, 5) is 0. The van der Waals surface area contributed by atoms with Gasteiger partial charge < -0.3 is 15.2 Å². The number of piperidine rings is 1. The van der Waals surface area contributed by atoms with Crippen LogP contribution in [0.3, 0.4) is 0 Å². The first-order chi connectivity index (χ1) is 7.74. The third-order valence-corrected chi connectivity index (χ3v) is 3.68. The minimum atomic E-state index is 0.202. The SMILES string of the molecule is COc1c(O)ccc(Br)c1C1CCCCN1. The number of benzene rings is 1. The zero-order valence-corrected chi connectivity index (χ0v) is 10.9. The highest BCUT2D eigenvalue weighted by Gasteiger charge is 2.23. The van der Waals surface area contributed by atoms with Gasteiger partial charge in [-0.3, -0.25) is 0 Å². The molecule has 1 aromatic carbocycles. The van der Waals surface area contributed by atoms with E-state index < -0.39 is 0 Å². The van der Waals surface area contributed by atoms with Gasteiger partial charge in [0.1, 0.15) is 0 Å². The predicted octanol–water partition coefficient (Wildman–Crippen LogP) is 2.98. The molecule has 0 radical (unpaired) electrons. The summed E-state index contributed by atoms with van der Waals surface area (Å²) in [6.07, 6.45) is 3.51. The molecule has 4 heteroatoms. The molecule has 1 heterocycles. The Hall–Kier alpha value is -0.740. The molecule has 0 spiro atoms. The van der Waals surface area contributed by atoms with Crippen LogP contribution in [0, 0.1) is 0 Å². The molecule has 0 bridgehead atoms. The molecule has 1 atom stereocenters. The molecule has 88 valence electrons. The van der Waals surface area contributed by atoms with Crippen LogP contribution in [-0.2, 0) is 0 Å².